The van der Waals surface area contributed by atoms with Gasteiger partial charge in [0.25, 0.3) is 5.69 Å². The van der Waals surface area contributed by atoms with Crippen molar-refractivity contribution in [3.05, 3.63) is 142 Å². The van der Waals surface area contributed by atoms with Crippen LogP contribution in [0.4, 0.5) is 11.6 Å². The van der Waals surface area contributed by atoms with E-state index in [0.717, 1.165) is 46.7 Å². The number of nitrogens with one attached hydrogen (secondary N) is 1. The molecule has 50 heavy (non-hydrogen) atoms. The Morgan fingerprint density at radius 3 is 2.00 bits per heavy atom. The van der Waals surface area contributed by atoms with Crippen LogP contribution in [0.1, 0.15) is 42.5 Å². The molecular formula is C39H40N6O5. The number of hydrogen-bond acceptors (Lipinski definition) is 9. The maximum absolute atomic E-state index is 11.1. The van der Waals surface area contributed by atoms with Gasteiger partial charge < -0.3 is 24.1 Å². The second kappa shape index (κ2) is 15.1. The van der Waals surface area contributed by atoms with Crippen LogP contribution in [0.25, 0.3) is 11.2 Å². The van der Waals surface area contributed by atoms with Gasteiger partial charge in [0.05, 0.1) is 32.1 Å². The topological polar surface area (TPSA) is 126 Å². The summed E-state index contributed by atoms with van der Waals surface area (Å²) in [5.41, 5.74) is 4.05. The minimum atomic E-state index is -0.953. The minimum absolute atomic E-state index is 0.0466. The van der Waals surface area contributed by atoms with E-state index in [1.807, 2.05) is 71.3 Å². The number of imidazole rings is 1. The highest BCUT2D eigenvalue weighted by Gasteiger charge is 2.38. The molecule has 0 unspecified atom stereocenters. The van der Waals surface area contributed by atoms with Gasteiger partial charge in [-0.1, -0.05) is 87.0 Å². The lowest BCUT2D eigenvalue weighted by atomic mass is 9.77. The third-order valence-electron chi connectivity index (χ3n) is 8.97. The lowest BCUT2D eigenvalue weighted by Crippen LogP contribution is -2.38. The standard InChI is InChI=1S/C39H40N6O5/c1-5-27(2)25-44-26-40-35-36(44)41-38(42-37(35)50-24-23-28-11-17-32(18-12-28)45(46)47)43-39(29-9-7-6-8-10-29,30-13-19-33(48-3)20-14-30)31-15-21-34(49-4)22-16-31/h6-22,26-27H,5,23-25H2,1-4H3,(H,41,42,43)/t27-/m1/s1. The zero-order valence-corrected chi connectivity index (χ0v) is 28.6. The number of benzene rings is 4. The number of fused-ring (bicyclic) bond motifs is 1. The summed E-state index contributed by atoms with van der Waals surface area (Å²) in [5.74, 6) is 2.56. The molecule has 0 aliphatic carbocycles. The monoisotopic (exact) mass is 672 g/mol. The van der Waals surface area contributed by atoms with E-state index >= 15 is 0 Å². The molecular weight excluding hydrogens is 632 g/mol. The van der Waals surface area contributed by atoms with Crippen LogP contribution in [0.15, 0.2) is 109 Å². The van der Waals surface area contributed by atoms with Gasteiger partial charge in [-0.05, 0) is 52.4 Å². The van der Waals surface area contributed by atoms with E-state index < -0.39 is 10.5 Å². The summed E-state index contributed by atoms with van der Waals surface area (Å²) >= 11 is 0. The lowest BCUT2D eigenvalue weighted by Gasteiger charge is -2.37. The van der Waals surface area contributed by atoms with E-state index in [9.17, 15) is 10.1 Å². The molecule has 1 atom stereocenters. The van der Waals surface area contributed by atoms with Gasteiger partial charge in [0.15, 0.2) is 11.2 Å². The molecule has 6 aromatic rings. The maximum Gasteiger partial charge on any atom is 0.269 e. The normalized spacial score (nSPS) is 12.0. The number of nitro groups is 1. The molecule has 256 valence electrons. The Morgan fingerprint density at radius 2 is 1.44 bits per heavy atom. The molecule has 11 heteroatoms. The molecule has 0 bridgehead atoms. The van der Waals surface area contributed by atoms with Crippen molar-refractivity contribution in [2.45, 2.75) is 38.8 Å². The number of nitrogens with zero attached hydrogens (tertiary/aromatic N) is 5. The fourth-order valence-electron chi connectivity index (χ4n) is 5.98. The van der Waals surface area contributed by atoms with Crippen LogP contribution in [-0.2, 0) is 18.5 Å². The fraction of sp³-hybridized carbons (Fsp3) is 0.256. The van der Waals surface area contributed by atoms with Crippen molar-refractivity contribution >= 4 is 22.8 Å². The Balaban J connectivity index is 1.47. The van der Waals surface area contributed by atoms with Crippen molar-refractivity contribution in [3.8, 4) is 17.4 Å². The summed E-state index contributed by atoms with van der Waals surface area (Å²) in [4.78, 5) is 25.5. The fourth-order valence-corrected chi connectivity index (χ4v) is 5.98. The predicted octanol–water partition coefficient (Wildman–Crippen LogP) is 7.82. The third kappa shape index (κ3) is 7.07. The molecule has 0 fully saturated rings. The van der Waals surface area contributed by atoms with Crippen molar-refractivity contribution < 1.29 is 19.1 Å². The largest absolute Gasteiger partial charge is 0.497 e. The van der Waals surface area contributed by atoms with Crippen LogP contribution in [0, 0.1) is 16.0 Å². The smallest absolute Gasteiger partial charge is 0.269 e. The van der Waals surface area contributed by atoms with E-state index in [1.54, 1.807) is 32.7 Å². The van der Waals surface area contributed by atoms with Gasteiger partial charge in [-0.3, -0.25) is 10.1 Å². The zero-order chi connectivity index (χ0) is 35.1. The molecule has 2 heterocycles. The molecule has 0 aliphatic rings. The quantitative estimate of drug-likeness (QED) is 0.0660. The van der Waals surface area contributed by atoms with Crippen LogP contribution in [0.3, 0.4) is 0 Å². The van der Waals surface area contributed by atoms with Gasteiger partial charge >= 0.3 is 0 Å². The first-order chi connectivity index (χ1) is 24.3. The highest BCUT2D eigenvalue weighted by molar-refractivity contribution is 5.78. The summed E-state index contributed by atoms with van der Waals surface area (Å²) in [6.45, 7) is 5.37. The first-order valence-corrected chi connectivity index (χ1v) is 16.6. The number of hydrogen-bond donors (Lipinski definition) is 1. The summed E-state index contributed by atoms with van der Waals surface area (Å²) < 4.78 is 19.4. The number of ether oxygens (including phenoxy) is 3. The first-order valence-electron chi connectivity index (χ1n) is 16.6. The molecule has 4 aromatic carbocycles. The molecule has 0 saturated carbocycles. The Kier molecular flexibility index (Phi) is 10.2. The average Bonchev–Trinajstić information content (AvgIpc) is 3.56. The van der Waals surface area contributed by atoms with Gasteiger partial charge in [0.2, 0.25) is 11.8 Å². The van der Waals surface area contributed by atoms with Crippen LogP contribution >= 0.6 is 0 Å². The third-order valence-corrected chi connectivity index (χ3v) is 8.97. The highest BCUT2D eigenvalue weighted by Crippen LogP contribution is 2.41. The predicted molar refractivity (Wildman–Crippen MR) is 193 cm³/mol. The Hall–Kier alpha value is -5.97. The molecule has 0 radical (unpaired) electrons. The van der Waals surface area contributed by atoms with Crippen LogP contribution in [0.2, 0.25) is 0 Å². The number of non-ortho nitro benzene ring substituents is 1. The van der Waals surface area contributed by atoms with Gasteiger partial charge in [0.1, 0.15) is 17.0 Å². The Bertz CT molecular complexity index is 1980. The van der Waals surface area contributed by atoms with E-state index in [4.69, 9.17) is 29.2 Å². The van der Waals surface area contributed by atoms with E-state index in [0.29, 0.717) is 35.3 Å². The van der Waals surface area contributed by atoms with Crippen LogP contribution in [0.5, 0.6) is 17.4 Å². The number of methoxy groups -OCH3 is 2. The molecule has 2 aromatic heterocycles. The van der Waals surface area contributed by atoms with E-state index in [1.165, 1.54) is 12.1 Å². The maximum atomic E-state index is 11.1. The summed E-state index contributed by atoms with van der Waals surface area (Å²) in [7, 11) is 3.30. The van der Waals surface area contributed by atoms with Crippen LogP contribution < -0.4 is 19.5 Å². The number of nitro benzene ring substituents is 1. The molecule has 6 rings (SSSR count). The molecule has 0 amide bonds. The van der Waals surface area contributed by atoms with Gasteiger partial charge in [-0.15, -0.1) is 0 Å². The molecule has 0 spiro atoms. The number of anilines is 1. The minimum Gasteiger partial charge on any atom is -0.497 e. The molecule has 0 aliphatic heterocycles. The lowest BCUT2D eigenvalue weighted by molar-refractivity contribution is -0.384. The summed E-state index contributed by atoms with van der Waals surface area (Å²) in [5, 5.41) is 14.9. The number of aromatic nitrogens is 4. The van der Waals surface area contributed by atoms with Gasteiger partial charge in [-0.2, -0.15) is 9.97 Å². The van der Waals surface area contributed by atoms with Crippen molar-refractivity contribution in [1.29, 1.82) is 0 Å². The first kappa shape index (κ1) is 33.9. The van der Waals surface area contributed by atoms with E-state index in [-0.39, 0.29) is 12.3 Å². The van der Waals surface area contributed by atoms with Crippen molar-refractivity contribution in [2.24, 2.45) is 5.92 Å². The Morgan fingerprint density at radius 1 is 0.840 bits per heavy atom. The van der Waals surface area contributed by atoms with Gasteiger partial charge in [0, 0.05) is 25.1 Å². The van der Waals surface area contributed by atoms with Crippen LogP contribution in [-0.4, -0.2) is 45.3 Å². The average molecular weight is 673 g/mol. The van der Waals surface area contributed by atoms with E-state index in [2.05, 4.69) is 31.3 Å². The summed E-state index contributed by atoms with van der Waals surface area (Å²) in [6, 6.07) is 32.6. The van der Waals surface area contributed by atoms with Gasteiger partial charge in [-0.25, -0.2) is 4.98 Å². The van der Waals surface area contributed by atoms with Crippen molar-refractivity contribution in [3.63, 3.8) is 0 Å². The SMILES string of the molecule is CC[C@@H](C)Cn1cnc2c(OCCc3ccc([N+](=O)[O-])cc3)nc(NC(c3ccccc3)(c3ccc(OC)cc3)c3ccc(OC)cc3)nc21. The zero-order valence-electron chi connectivity index (χ0n) is 28.6. The summed E-state index contributed by atoms with van der Waals surface area (Å²) in [6.07, 6.45) is 3.31. The Labute approximate surface area is 291 Å². The second-order valence-electron chi connectivity index (χ2n) is 12.2. The number of rotatable bonds is 15. The molecule has 1 N–H and O–H groups in total. The highest BCUT2D eigenvalue weighted by atomic mass is 16.6. The van der Waals surface area contributed by atoms with Crippen molar-refractivity contribution in [1.82, 2.24) is 19.5 Å². The molecule has 0 saturated heterocycles. The van der Waals surface area contributed by atoms with Crippen molar-refractivity contribution in [2.75, 3.05) is 26.1 Å². The second-order valence-corrected chi connectivity index (χ2v) is 12.2. The molecule has 11 nitrogen and oxygen atoms in total.